The summed E-state index contributed by atoms with van der Waals surface area (Å²) in [5, 5.41) is 13.2. The number of rotatable bonds is 4. The summed E-state index contributed by atoms with van der Waals surface area (Å²) < 4.78 is 11.8. The van der Waals surface area contributed by atoms with Crippen LogP contribution in [0, 0.1) is 6.92 Å². The Kier molecular flexibility index (Phi) is 3.34. The molecule has 0 aromatic carbocycles. The average Bonchev–Trinajstić information content (AvgIpc) is 3.14. The highest BCUT2D eigenvalue weighted by atomic mass is 16.6. The summed E-state index contributed by atoms with van der Waals surface area (Å²) in [6.45, 7) is 1.86. The zero-order valence-electron chi connectivity index (χ0n) is 11.8. The number of hydrogen-bond acceptors (Lipinski definition) is 6. The van der Waals surface area contributed by atoms with E-state index in [1.165, 1.54) is 24.1 Å². The van der Waals surface area contributed by atoms with Gasteiger partial charge in [0.15, 0.2) is 5.69 Å². The molecule has 0 bridgehead atoms. The van der Waals surface area contributed by atoms with Crippen molar-refractivity contribution in [2.24, 2.45) is 0 Å². The molecule has 3 heterocycles. The van der Waals surface area contributed by atoms with Crippen molar-refractivity contribution in [3.63, 3.8) is 0 Å². The number of ether oxygens (including phenoxy) is 1. The first-order valence-electron chi connectivity index (χ1n) is 6.35. The topological polar surface area (TPSA) is 103 Å². The first kappa shape index (κ1) is 13.8. The van der Waals surface area contributed by atoms with Crippen molar-refractivity contribution in [2.75, 3.05) is 7.11 Å². The van der Waals surface area contributed by atoms with E-state index in [9.17, 15) is 4.79 Å². The fourth-order valence-electron chi connectivity index (χ4n) is 1.89. The van der Waals surface area contributed by atoms with Gasteiger partial charge in [0.1, 0.15) is 11.9 Å². The van der Waals surface area contributed by atoms with Crippen molar-refractivity contribution in [1.82, 2.24) is 19.7 Å². The monoisotopic (exact) mass is 300 g/mol. The third kappa shape index (κ3) is 2.41. The van der Waals surface area contributed by atoms with Gasteiger partial charge < -0.3 is 14.3 Å². The van der Waals surface area contributed by atoms with Crippen LogP contribution < -0.4 is 4.74 Å². The molecule has 0 aliphatic heterocycles. The Balaban J connectivity index is 2.15. The van der Waals surface area contributed by atoms with Gasteiger partial charge in [-0.3, -0.25) is 4.98 Å². The lowest BCUT2D eigenvalue weighted by atomic mass is 10.3. The molecule has 0 aliphatic carbocycles. The number of oxazole rings is 1. The van der Waals surface area contributed by atoms with E-state index in [1.54, 1.807) is 18.3 Å². The molecule has 0 amide bonds. The van der Waals surface area contributed by atoms with E-state index in [0.717, 1.165) is 5.69 Å². The minimum absolute atomic E-state index is 0.118. The van der Waals surface area contributed by atoms with Crippen molar-refractivity contribution in [3.05, 3.63) is 42.0 Å². The smallest absolute Gasteiger partial charge is 0.356 e. The van der Waals surface area contributed by atoms with Gasteiger partial charge in [0.05, 0.1) is 19.0 Å². The molecule has 3 aromatic heterocycles. The Labute approximate surface area is 125 Å². The second kappa shape index (κ2) is 5.32. The number of carboxylic acids is 1. The van der Waals surface area contributed by atoms with Crippen LogP contribution in [-0.2, 0) is 0 Å². The van der Waals surface area contributed by atoms with Crippen molar-refractivity contribution < 1.29 is 19.1 Å². The quantitative estimate of drug-likeness (QED) is 0.785. The van der Waals surface area contributed by atoms with Crippen LogP contribution in [0.15, 0.2) is 35.0 Å². The summed E-state index contributed by atoms with van der Waals surface area (Å²) >= 11 is 0. The Morgan fingerprint density at radius 1 is 1.32 bits per heavy atom. The number of hydrogen-bond donors (Lipinski definition) is 1. The molecule has 22 heavy (non-hydrogen) atoms. The summed E-state index contributed by atoms with van der Waals surface area (Å²) in [5.74, 6) is -0.710. The number of carboxylic acid groups (broad SMARTS) is 1. The van der Waals surface area contributed by atoms with Gasteiger partial charge in [-0.05, 0) is 19.1 Å². The van der Waals surface area contributed by atoms with Crippen LogP contribution in [0.2, 0.25) is 0 Å². The van der Waals surface area contributed by atoms with E-state index in [1.807, 2.05) is 6.92 Å². The molecule has 0 spiro atoms. The second-order valence-electron chi connectivity index (χ2n) is 4.48. The highest BCUT2D eigenvalue weighted by Crippen LogP contribution is 2.26. The molecule has 0 fully saturated rings. The van der Waals surface area contributed by atoms with Crippen LogP contribution in [0.4, 0.5) is 0 Å². The van der Waals surface area contributed by atoms with Crippen molar-refractivity contribution >= 4 is 5.97 Å². The molecule has 0 unspecified atom stereocenters. The molecule has 1 N–H and O–H groups in total. The molecule has 0 atom stereocenters. The number of aryl methyl sites for hydroxylation is 1. The summed E-state index contributed by atoms with van der Waals surface area (Å²) in [5.41, 5.74) is 1.72. The number of carbonyl (C=O) groups is 1. The minimum Gasteiger partial charge on any atom is -0.476 e. The Bertz CT molecular complexity index is 820. The summed E-state index contributed by atoms with van der Waals surface area (Å²) in [7, 11) is 1.45. The third-order valence-corrected chi connectivity index (χ3v) is 2.97. The second-order valence-corrected chi connectivity index (χ2v) is 4.48. The Morgan fingerprint density at radius 3 is 2.73 bits per heavy atom. The summed E-state index contributed by atoms with van der Waals surface area (Å²) in [6, 6.07) is 4.97. The molecule has 112 valence electrons. The number of pyridine rings is 1. The van der Waals surface area contributed by atoms with Gasteiger partial charge in [-0.15, -0.1) is 0 Å². The Morgan fingerprint density at radius 2 is 2.14 bits per heavy atom. The fourth-order valence-corrected chi connectivity index (χ4v) is 1.89. The van der Waals surface area contributed by atoms with Gasteiger partial charge in [0.25, 0.3) is 0 Å². The average molecular weight is 300 g/mol. The number of aromatic carboxylic acids is 1. The van der Waals surface area contributed by atoms with Gasteiger partial charge in [-0.2, -0.15) is 5.10 Å². The van der Waals surface area contributed by atoms with Crippen LogP contribution in [0.25, 0.3) is 17.3 Å². The SMILES string of the molecule is COc1cnc(-c2cc(C(=O)O)nn2-c2ccc(C)nc2)o1. The Hall–Kier alpha value is -3.16. The van der Waals surface area contributed by atoms with Gasteiger partial charge in [-0.25, -0.2) is 14.5 Å². The summed E-state index contributed by atoms with van der Waals surface area (Å²) in [6.07, 6.45) is 3.00. The van der Waals surface area contributed by atoms with Gasteiger partial charge in [-0.1, -0.05) is 0 Å². The van der Waals surface area contributed by atoms with Crippen LogP contribution >= 0.6 is 0 Å². The lowest BCUT2D eigenvalue weighted by Crippen LogP contribution is -2.03. The van der Waals surface area contributed by atoms with E-state index in [-0.39, 0.29) is 17.5 Å². The zero-order chi connectivity index (χ0) is 15.7. The molecule has 0 saturated carbocycles. The van der Waals surface area contributed by atoms with Crippen LogP contribution in [0.3, 0.4) is 0 Å². The molecule has 0 aliphatic rings. The van der Waals surface area contributed by atoms with Gasteiger partial charge >= 0.3 is 11.9 Å². The molecule has 3 rings (SSSR count). The largest absolute Gasteiger partial charge is 0.476 e. The third-order valence-electron chi connectivity index (χ3n) is 2.97. The molecule has 0 radical (unpaired) electrons. The normalized spacial score (nSPS) is 10.6. The van der Waals surface area contributed by atoms with Crippen LogP contribution in [-0.4, -0.2) is 37.9 Å². The fraction of sp³-hybridized carbons (Fsp3) is 0.143. The maximum absolute atomic E-state index is 11.2. The van der Waals surface area contributed by atoms with Crippen LogP contribution in [0.5, 0.6) is 5.95 Å². The number of methoxy groups -OCH3 is 1. The lowest BCUT2D eigenvalue weighted by Gasteiger charge is -2.04. The molecule has 0 saturated heterocycles. The maximum atomic E-state index is 11.2. The maximum Gasteiger partial charge on any atom is 0.356 e. The van der Waals surface area contributed by atoms with Crippen molar-refractivity contribution in [3.8, 4) is 23.2 Å². The van der Waals surface area contributed by atoms with E-state index >= 15 is 0 Å². The highest BCUT2D eigenvalue weighted by molar-refractivity contribution is 5.86. The zero-order valence-corrected chi connectivity index (χ0v) is 11.8. The lowest BCUT2D eigenvalue weighted by molar-refractivity contribution is 0.0690. The van der Waals surface area contributed by atoms with Crippen LogP contribution in [0.1, 0.15) is 16.2 Å². The van der Waals surface area contributed by atoms with Crippen molar-refractivity contribution in [2.45, 2.75) is 6.92 Å². The first-order chi connectivity index (χ1) is 10.6. The predicted octanol–water partition coefficient (Wildman–Crippen LogP) is 1.94. The molecular formula is C14H12N4O4. The predicted molar refractivity (Wildman–Crippen MR) is 75.1 cm³/mol. The minimum atomic E-state index is -1.14. The highest BCUT2D eigenvalue weighted by Gasteiger charge is 2.19. The molecular weight excluding hydrogens is 288 g/mol. The van der Waals surface area contributed by atoms with E-state index in [4.69, 9.17) is 14.3 Å². The molecule has 8 heteroatoms. The van der Waals surface area contributed by atoms with E-state index in [2.05, 4.69) is 15.1 Å². The van der Waals surface area contributed by atoms with Gasteiger partial charge in [0.2, 0.25) is 5.89 Å². The van der Waals surface area contributed by atoms with E-state index < -0.39 is 5.97 Å². The summed E-state index contributed by atoms with van der Waals surface area (Å²) in [4.78, 5) is 19.4. The van der Waals surface area contributed by atoms with E-state index in [0.29, 0.717) is 11.4 Å². The van der Waals surface area contributed by atoms with Gasteiger partial charge in [0, 0.05) is 11.8 Å². The number of nitrogens with zero attached hydrogens (tertiary/aromatic N) is 4. The molecule has 3 aromatic rings. The number of aromatic nitrogens is 4. The molecule has 8 nitrogen and oxygen atoms in total. The van der Waals surface area contributed by atoms with Crippen molar-refractivity contribution in [1.29, 1.82) is 0 Å². The first-order valence-corrected chi connectivity index (χ1v) is 6.35. The standard InChI is InChI=1S/C14H12N4O4/c1-8-3-4-9(6-15-8)18-11(5-10(17-18)14(19)20)13-16-7-12(21-2)22-13/h3-7H,1-2H3,(H,19,20).